The summed E-state index contributed by atoms with van der Waals surface area (Å²) in [6, 6.07) is 0.826. The topological polar surface area (TPSA) is 6.48 Å². The van der Waals surface area contributed by atoms with Gasteiger partial charge in [-0.05, 0) is 88.3 Å². The van der Waals surface area contributed by atoms with Crippen LogP contribution in [0.2, 0.25) is 0 Å². The Kier molecular flexibility index (Phi) is 4.36. The number of fused-ring (bicyclic) bond motifs is 2. The van der Waals surface area contributed by atoms with Crippen molar-refractivity contribution in [2.45, 2.75) is 116 Å². The molecule has 0 spiro atoms. The van der Waals surface area contributed by atoms with Gasteiger partial charge in [-0.1, -0.05) is 41.0 Å². The number of nitrogens with zero attached hydrogens (tertiary/aromatic N) is 2. The molecule has 4 saturated heterocycles. The molecule has 0 radical (unpaired) electrons. The smallest absolute Gasteiger partial charge is 0.0262 e. The summed E-state index contributed by atoms with van der Waals surface area (Å²) in [5, 5.41) is 0. The fraction of sp³-hybridized carbons (Fsp3) is 1.00. The molecule has 0 aliphatic carbocycles. The van der Waals surface area contributed by atoms with Gasteiger partial charge in [0.15, 0.2) is 0 Å². The van der Waals surface area contributed by atoms with Crippen molar-refractivity contribution in [3.63, 3.8) is 0 Å². The largest absolute Gasteiger partial charge is 0.297 e. The Morgan fingerprint density at radius 1 is 0.760 bits per heavy atom. The first-order valence-electron chi connectivity index (χ1n) is 11.2. The van der Waals surface area contributed by atoms with Crippen LogP contribution in [0.4, 0.5) is 0 Å². The third-order valence-corrected chi connectivity index (χ3v) is 9.16. The highest BCUT2D eigenvalue weighted by Gasteiger charge is 2.58. The minimum Gasteiger partial charge on any atom is -0.297 e. The summed E-state index contributed by atoms with van der Waals surface area (Å²) in [6.07, 6.45) is 14.4. The van der Waals surface area contributed by atoms with Gasteiger partial charge in [0.25, 0.3) is 0 Å². The summed E-state index contributed by atoms with van der Waals surface area (Å²) in [7, 11) is 0. The first-order valence-corrected chi connectivity index (χ1v) is 11.2. The zero-order valence-electron chi connectivity index (χ0n) is 17.7. The maximum absolute atomic E-state index is 3.02. The van der Waals surface area contributed by atoms with Gasteiger partial charge >= 0.3 is 0 Å². The lowest BCUT2D eigenvalue weighted by Gasteiger charge is -2.54. The molecule has 4 rings (SSSR count). The molecule has 0 aromatic carbocycles. The zero-order valence-corrected chi connectivity index (χ0v) is 17.7. The van der Waals surface area contributed by atoms with Gasteiger partial charge in [0.1, 0.15) is 0 Å². The summed E-state index contributed by atoms with van der Waals surface area (Å²) >= 11 is 0. The van der Waals surface area contributed by atoms with Gasteiger partial charge in [-0.3, -0.25) is 9.80 Å². The number of hydrogen-bond donors (Lipinski definition) is 0. The summed E-state index contributed by atoms with van der Waals surface area (Å²) in [5.74, 6) is 0. The minimum atomic E-state index is 0.414. The SMILES string of the molecule is CC(C)(C)C12CCCCN1C(CC(C)(C)C13CCCN1CCC3)CC2. The molecule has 4 aliphatic heterocycles. The zero-order chi connectivity index (χ0) is 17.9. The van der Waals surface area contributed by atoms with Gasteiger partial charge in [-0.25, -0.2) is 0 Å². The molecule has 25 heavy (non-hydrogen) atoms. The fourth-order valence-corrected chi connectivity index (χ4v) is 7.80. The summed E-state index contributed by atoms with van der Waals surface area (Å²) in [4.78, 5) is 5.90. The molecule has 4 aliphatic rings. The molecule has 4 fully saturated rings. The van der Waals surface area contributed by atoms with Crippen molar-refractivity contribution in [3.8, 4) is 0 Å². The summed E-state index contributed by atoms with van der Waals surface area (Å²) in [6.45, 7) is 16.9. The minimum absolute atomic E-state index is 0.414. The van der Waals surface area contributed by atoms with E-state index in [1.807, 2.05) is 0 Å². The van der Waals surface area contributed by atoms with E-state index in [-0.39, 0.29) is 0 Å². The highest BCUT2D eigenvalue weighted by atomic mass is 15.3. The van der Waals surface area contributed by atoms with Crippen LogP contribution in [0.1, 0.15) is 98.8 Å². The van der Waals surface area contributed by atoms with Gasteiger partial charge in [-0.15, -0.1) is 0 Å². The van der Waals surface area contributed by atoms with Crippen molar-refractivity contribution >= 4 is 0 Å². The van der Waals surface area contributed by atoms with E-state index in [1.54, 1.807) is 0 Å². The van der Waals surface area contributed by atoms with Gasteiger partial charge < -0.3 is 0 Å². The lowest BCUT2D eigenvalue weighted by molar-refractivity contribution is -0.0455. The van der Waals surface area contributed by atoms with Crippen molar-refractivity contribution in [1.82, 2.24) is 9.80 Å². The maximum Gasteiger partial charge on any atom is 0.0262 e. The van der Waals surface area contributed by atoms with E-state index in [9.17, 15) is 0 Å². The van der Waals surface area contributed by atoms with Crippen LogP contribution in [0.5, 0.6) is 0 Å². The van der Waals surface area contributed by atoms with E-state index < -0.39 is 0 Å². The van der Waals surface area contributed by atoms with E-state index in [1.165, 1.54) is 83.8 Å². The molecule has 0 aromatic rings. The van der Waals surface area contributed by atoms with Gasteiger partial charge in [-0.2, -0.15) is 0 Å². The molecule has 2 unspecified atom stereocenters. The lowest BCUT2D eigenvalue weighted by Crippen LogP contribution is -2.59. The van der Waals surface area contributed by atoms with Crippen LogP contribution < -0.4 is 0 Å². The quantitative estimate of drug-likeness (QED) is 0.669. The molecular weight excluding hydrogens is 304 g/mol. The van der Waals surface area contributed by atoms with Gasteiger partial charge in [0.05, 0.1) is 0 Å². The fourth-order valence-electron chi connectivity index (χ4n) is 7.80. The Morgan fingerprint density at radius 3 is 2.04 bits per heavy atom. The molecule has 2 heteroatoms. The van der Waals surface area contributed by atoms with Crippen molar-refractivity contribution in [3.05, 3.63) is 0 Å². The highest BCUT2D eigenvalue weighted by Crippen LogP contribution is 2.57. The first-order chi connectivity index (χ1) is 11.7. The first kappa shape index (κ1) is 18.3. The van der Waals surface area contributed by atoms with Gasteiger partial charge in [0.2, 0.25) is 0 Å². The molecule has 2 atom stereocenters. The van der Waals surface area contributed by atoms with E-state index in [0.29, 0.717) is 21.9 Å². The molecule has 4 heterocycles. The third-order valence-electron chi connectivity index (χ3n) is 9.16. The Balaban J connectivity index is 1.57. The van der Waals surface area contributed by atoms with Crippen LogP contribution >= 0.6 is 0 Å². The number of piperidine rings is 1. The monoisotopic (exact) mass is 346 g/mol. The standard InChI is InChI=1S/C23H42N2/c1-20(2,3)22-11-6-7-17-25(22)19(10-14-22)18-21(4,5)23-12-8-15-24(23)16-9-13-23/h19H,6-18H2,1-5H3. The second-order valence-corrected chi connectivity index (χ2v) is 11.4. The lowest BCUT2D eigenvalue weighted by atomic mass is 9.66. The van der Waals surface area contributed by atoms with Crippen LogP contribution in [-0.4, -0.2) is 46.6 Å². The Morgan fingerprint density at radius 2 is 1.40 bits per heavy atom. The Hall–Kier alpha value is -0.0800. The molecule has 0 saturated carbocycles. The Labute approximate surface area is 156 Å². The summed E-state index contributed by atoms with van der Waals surface area (Å²) < 4.78 is 0. The Bertz CT molecular complexity index is 493. The second-order valence-electron chi connectivity index (χ2n) is 11.4. The van der Waals surface area contributed by atoms with E-state index in [0.717, 1.165) is 6.04 Å². The molecule has 0 bridgehead atoms. The van der Waals surface area contributed by atoms with E-state index in [4.69, 9.17) is 0 Å². The second kappa shape index (κ2) is 5.96. The predicted molar refractivity (Wildman–Crippen MR) is 107 cm³/mol. The average Bonchev–Trinajstić information content (AvgIpc) is 3.19. The van der Waals surface area contributed by atoms with Crippen molar-refractivity contribution in [1.29, 1.82) is 0 Å². The van der Waals surface area contributed by atoms with Crippen LogP contribution in [0.25, 0.3) is 0 Å². The average molecular weight is 347 g/mol. The predicted octanol–water partition coefficient (Wildman–Crippen LogP) is 5.46. The number of rotatable bonds is 3. The van der Waals surface area contributed by atoms with Crippen molar-refractivity contribution in [2.75, 3.05) is 19.6 Å². The van der Waals surface area contributed by atoms with E-state index in [2.05, 4.69) is 44.4 Å². The molecule has 2 nitrogen and oxygen atoms in total. The van der Waals surface area contributed by atoms with Crippen molar-refractivity contribution < 1.29 is 0 Å². The molecule has 0 N–H and O–H groups in total. The maximum atomic E-state index is 3.02. The molecular formula is C23H42N2. The number of hydrogen-bond acceptors (Lipinski definition) is 2. The molecule has 0 amide bonds. The van der Waals surface area contributed by atoms with Crippen LogP contribution in [0.3, 0.4) is 0 Å². The molecule has 0 aromatic heterocycles. The summed E-state index contributed by atoms with van der Waals surface area (Å²) in [5.41, 5.74) is 1.87. The van der Waals surface area contributed by atoms with Crippen molar-refractivity contribution in [2.24, 2.45) is 10.8 Å². The normalized spacial score (nSPS) is 36.6. The van der Waals surface area contributed by atoms with Crippen LogP contribution in [-0.2, 0) is 0 Å². The van der Waals surface area contributed by atoms with Crippen LogP contribution in [0.15, 0.2) is 0 Å². The van der Waals surface area contributed by atoms with Crippen LogP contribution in [0, 0.1) is 10.8 Å². The van der Waals surface area contributed by atoms with Gasteiger partial charge in [0, 0.05) is 17.1 Å². The molecule has 144 valence electrons. The highest BCUT2D eigenvalue weighted by molar-refractivity contribution is 5.13. The van der Waals surface area contributed by atoms with E-state index >= 15 is 0 Å². The third kappa shape index (κ3) is 2.57.